The van der Waals surface area contributed by atoms with Crippen molar-refractivity contribution in [3.8, 4) is 0 Å². The van der Waals surface area contributed by atoms with Gasteiger partial charge in [0.1, 0.15) is 4.90 Å². The molecule has 1 aliphatic heterocycles. The second-order valence-corrected chi connectivity index (χ2v) is 6.62. The number of rotatable bonds is 2. The summed E-state index contributed by atoms with van der Waals surface area (Å²) in [6.07, 6.45) is 2.14. The number of aromatic amines is 1. The molecule has 0 saturated carbocycles. The third kappa shape index (κ3) is 2.06. The quantitative estimate of drug-likeness (QED) is 0.904. The SMILES string of the molecule is Cc1[nH]ncc1S(=O)(=O)N1CCc2ccccc2C1. The van der Waals surface area contributed by atoms with Gasteiger partial charge in [-0.25, -0.2) is 8.42 Å². The van der Waals surface area contributed by atoms with E-state index in [1.54, 1.807) is 6.92 Å². The van der Waals surface area contributed by atoms with E-state index in [4.69, 9.17) is 0 Å². The van der Waals surface area contributed by atoms with Gasteiger partial charge in [-0.05, 0) is 24.5 Å². The third-order valence-corrected chi connectivity index (χ3v) is 5.46. The third-order valence-electron chi connectivity index (χ3n) is 3.50. The minimum atomic E-state index is -3.45. The highest BCUT2D eigenvalue weighted by Crippen LogP contribution is 2.25. The summed E-state index contributed by atoms with van der Waals surface area (Å²) in [7, 11) is -3.45. The molecule has 2 aromatic rings. The highest BCUT2D eigenvalue weighted by atomic mass is 32.2. The number of hydrogen-bond acceptors (Lipinski definition) is 3. The van der Waals surface area contributed by atoms with Crippen LogP contribution in [0.4, 0.5) is 0 Å². The number of hydrogen-bond donors (Lipinski definition) is 1. The lowest BCUT2D eigenvalue weighted by Gasteiger charge is -2.27. The summed E-state index contributed by atoms with van der Waals surface area (Å²) in [6, 6.07) is 7.98. The van der Waals surface area contributed by atoms with Crippen LogP contribution in [0, 0.1) is 6.92 Å². The topological polar surface area (TPSA) is 66.1 Å². The fourth-order valence-corrected chi connectivity index (χ4v) is 3.95. The van der Waals surface area contributed by atoms with Gasteiger partial charge in [0.15, 0.2) is 0 Å². The molecule has 1 aromatic carbocycles. The number of aromatic nitrogens is 2. The van der Waals surface area contributed by atoms with Gasteiger partial charge < -0.3 is 0 Å². The average molecular weight is 277 g/mol. The molecule has 1 N–H and O–H groups in total. The second kappa shape index (κ2) is 4.47. The normalized spacial score (nSPS) is 16.3. The molecule has 19 heavy (non-hydrogen) atoms. The molecule has 1 aliphatic rings. The van der Waals surface area contributed by atoms with Crippen LogP contribution in [0.3, 0.4) is 0 Å². The van der Waals surface area contributed by atoms with Crippen LogP contribution in [0.2, 0.25) is 0 Å². The Morgan fingerprint density at radius 3 is 2.68 bits per heavy atom. The van der Waals surface area contributed by atoms with E-state index in [9.17, 15) is 8.42 Å². The van der Waals surface area contributed by atoms with Crippen LogP contribution in [0.5, 0.6) is 0 Å². The van der Waals surface area contributed by atoms with Crippen LogP contribution in [-0.2, 0) is 23.0 Å². The molecule has 0 spiro atoms. The van der Waals surface area contributed by atoms with Crippen molar-refractivity contribution in [1.29, 1.82) is 0 Å². The van der Waals surface area contributed by atoms with Gasteiger partial charge in [-0.2, -0.15) is 9.40 Å². The van der Waals surface area contributed by atoms with Crippen molar-refractivity contribution in [2.45, 2.75) is 24.8 Å². The lowest BCUT2D eigenvalue weighted by atomic mass is 10.0. The highest BCUT2D eigenvalue weighted by molar-refractivity contribution is 7.89. The number of nitrogens with zero attached hydrogens (tertiary/aromatic N) is 2. The van der Waals surface area contributed by atoms with Crippen LogP contribution in [0.15, 0.2) is 35.4 Å². The van der Waals surface area contributed by atoms with Crippen molar-refractivity contribution in [1.82, 2.24) is 14.5 Å². The molecule has 5 nitrogen and oxygen atoms in total. The maximum Gasteiger partial charge on any atom is 0.246 e. The Bertz CT molecular complexity index is 706. The fourth-order valence-electron chi connectivity index (χ4n) is 2.41. The highest BCUT2D eigenvalue weighted by Gasteiger charge is 2.30. The summed E-state index contributed by atoms with van der Waals surface area (Å²) < 4.78 is 26.6. The Hall–Kier alpha value is -1.66. The standard InChI is InChI=1S/C13H15N3O2S/c1-10-13(8-14-15-10)19(17,18)16-7-6-11-4-2-3-5-12(11)9-16/h2-5,8H,6-7,9H2,1H3,(H,14,15). The Morgan fingerprint density at radius 1 is 1.26 bits per heavy atom. The summed E-state index contributed by atoms with van der Waals surface area (Å²) in [5, 5.41) is 6.47. The molecule has 0 bridgehead atoms. The lowest BCUT2D eigenvalue weighted by molar-refractivity contribution is 0.391. The molecular formula is C13H15N3O2S. The first-order valence-corrected chi connectivity index (χ1v) is 7.60. The summed E-state index contributed by atoms with van der Waals surface area (Å²) in [5.74, 6) is 0. The zero-order valence-corrected chi connectivity index (χ0v) is 11.4. The van der Waals surface area contributed by atoms with E-state index in [0.717, 1.165) is 12.0 Å². The molecule has 0 saturated heterocycles. The molecule has 1 aromatic heterocycles. The van der Waals surface area contributed by atoms with Gasteiger partial charge in [-0.3, -0.25) is 5.10 Å². The van der Waals surface area contributed by atoms with Crippen molar-refractivity contribution in [2.75, 3.05) is 6.54 Å². The van der Waals surface area contributed by atoms with Gasteiger partial charge in [0.25, 0.3) is 0 Å². The average Bonchev–Trinajstić information content (AvgIpc) is 2.85. The maximum absolute atomic E-state index is 12.5. The van der Waals surface area contributed by atoms with Crippen molar-refractivity contribution >= 4 is 10.0 Å². The molecule has 0 unspecified atom stereocenters. The number of sulfonamides is 1. The molecule has 0 atom stereocenters. The van der Waals surface area contributed by atoms with Gasteiger partial charge >= 0.3 is 0 Å². The zero-order valence-electron chi connectivity index (χ0n) is 10.6. The summed E-state index contributed by atoms with van der Waals surface area (Å²) >= 11 is 0. The Labute approximate surface area is 112 Å². The van der Waals surface area contributed by atoms with Crippen molar-refractivity contribution in [2.24, 2.45) is 0 Å². The molecule has 0 amide bonds. The van der Waals surface area contributed by atoms with E-state index in [-0.39, 0.29) is 4.90 Å². The largest absolute Gasteiger partial charge is 0.281 e. The number of aryl methyl sites for hydroxylation is 1. The van der Waals surface area contributed by atoms with Crippen molar-refractivity contribution in [3.63, 3.8) is 0 Å². The Morgan fingerprint density at radius 2 is 2.00 bits per heavy atom. The van der Waals surface area contributed by atoms with Crippen LogP contribution in [0.25, 0.3) is 0 Å². The first-order valence-electron chi connectivity index (χ1n) is 6.16. The Balaban J connectivity index is 1.95. The summed E-state index contributed by atoms with van der Waals surface area (Å²) in [4.78, 5) is 0.270. The fraction of sp³-hybridized carbons (Fsp3) is 0.308. The van der Waals surface area contributed by atoms with Gasteiger partial charge in [-0.1, -0.05) is 24.3 Å². The van der Waals surface area contributed by atoms with E-state index in [1.807, 2.05) is 18.2 Å². The number of nitrogens with one attached hydrogen (secondary N) is 1. The number of H-pyrrole nitrogens is 1. The predicted octanol–water partition coefficient (Wildman–Crippen LogP) is 1.47. The van der Waals surface area contributed by atoms with Crippen LogP contribution in [-0.4, -0.2) is 29.5 Å². The summed E-state index contributed by atoms with van der Waals surface area (Å²) in [5.41, 5.74) is 2.90. The van der Waals surface area contributed by atoms with Gasteiger partial charge in [0, 0.05) is 13.1 Å². The van der Waals surface area contributed by atoms with Crippen LogP contribution in [0.1, 0.15) is 16.8 Å². The monoisotopic (exact) mass is 277 g/mol. The van der Waals surface area contributed by atoms with E-state index in [2.05, 4.69) is 16.3 Å². The van der Waals surface area contributed by atoms with E-state index >= 15 is 0 Å². The first-order chi connectivity index (χ1) is 9.09. The molecule has 0 fully saturated rings. The van der Waals surface area contributed by atoms with Crippen LogP contribution >= 0.6 is 0 Å². The molecule has 3 rings (SSSR count). The van der Waals surface area contributed by atoms with Gasteiger partial charge in [0.2, 0.25) is 10.0 Å². The molecular weight excluding hydrogens is 262 g/mol. The minimum absolute atomic E-state index is 0.270. The van der Waals surface area contributed by atoms with Crippen molar-refractivity contribution < 1.29 is 8.42 Å². The molecule has 2 heterocycles. The smallest absolute Gasteiger partial charge is 0.246 e. The van der Waals surface area contributed by atoms with Gasteiger partial charge in [-0.15, -0.1) is 0 Å². The maximum atomic E-state index is 12.5. The minimum Gasteiger partial charge on any atom is -0.281 e. The van der Waals surface area contributed by atoms with E-state index in [0.29, 0.717) is 18.8 Å². The zero-order chi connectivity index (χ0) is 13.5. The van der Waals surface area contributed by atoms with E-state index in [1.165, 1.54) is 16.1 Å². The molecule has 6 heteroatoms. The van der Waals surface area contributed by atoms with Gasteiger partial charge in [0.05, 0.1) is 11.9 Å². The van der Waals surface area contributed by atoms with E-state index < -0.39 is 10.0 Å². The molecule has 0 aliphatic carbocycles. The first kappa shape index (κ1) is 12.4. The second-order valence-electron chi connectivity index (χ2n) is 4.72. The number of fused-ring (bicyclic) bond motifs is 1. The van der Waals surface area contributed by atoms with Crippen LogP contribution < -0.4 is 0 Å². The number of benzene rings is 1. The predicted molar refractivity (Wildman–Crippen MR) is 71.1 cm³/mol. The molecule has 0 radical (unpaired) electrons. The lowest BCUT2D eigenvalue weighted by Crippen LogP contribution is -2.36. The summed E-state index contributed by atoms with van der Waals surface area (Å²) in [6.45, 7) is 2.67. The Kier molecular flexibility index (Phi) is 2.91. The van der Waals surface area contributed by atoms with Crippen molar-refractivity contribution in [3.05, 3.63) is 47.3 Å². The molecule has 100 valence electrons.